The molecule has 1 atom stereocenters. The molecule has 3 rings (SSSR count). The van der Waals surface area contributed by atoms with Crippen molar-refractivity contribution in [3.8, 4) is 5.75 Å². The van der Waals surface area contributed by atoms with Crippen LogP contribution < -0.4 is 10.1 Å². The fourth-order valence-corrected chi connectivity index (χ4v) is 3.10. The Bertz CT molecular complexity index is 716. The summed E-state index contributed by atoms with van der Waals surface area (Å²) in [6.45, 7) is 1.53. The molecular formula is C17H17ClFN3O2. The molecular weight excluding hydrogens is 333 g/mol. The third-order valence-electron chi connectivity index (χ3n) is 4.19. The Labute approximate surface area is 144 Å². The fraction of sp³-hybridized carbons (Fsp3) is 0.294. The highest BCUT2D eigenvalue weighted by atomic mass is 35.5. The molecule has 2 heterocycles. The normalized spacial score (nSPS) is 20.7. The Morgan fingerprint density at radius 2 is 2.29 bits per heavy atom. The van der Waals surface area contributed by atoms with Crippen molar-refractivity contribution in [3.63, 3.8) is 0 Å². The maximum absolute atomic E-state index is 14.7. The molecule has 2 aromatic rings. The molecule has 5 nitrogen and oxygen atoms in total. The minimum Gasteiger partial charge on any atom is -0.489 e. The highest BCUT2D eigenvalue weighted by Gasteiger charge is 2.43. The average Bonchev–Trinajstić information content (AvgIpc) is 2.63. The van der Waals surface area contributed by atoms with Gasteiger partial charge in [0.05, 0.1) is 11.2 Å². The summed E-state index contributed by atoms with van der Waals surface area (Å²) < 4.78 is 20.5. The SMILES string of the molecule is O=CN1CCNCC1(COc1cccnc1)c1cccc(Cl)c1F. The number of amides is 1. The van der Waals surface area contributed by atoms with Crippen LogP contribution in [0.4, 0.5) is 4.39 Å². The molecule has 0 radical (unpaired) electrons. The smallest absolute Gasteiger partial charge is 0.210 e. The number of piperazine rings is 1. The average molecular weight is 350 g/mol. The van der Waals surface area contributed by atoms with Crippen molar-refractivity contribution >= 4 is 18.0 Å². The van der Waals surface area contributed by atoms with E-state index in [0.29, 0.717) is 30.9 Å². The van der Waals surface area contributed by atoms with E-state index < -0.39 is 11.4 Å². The standard InChI is InChI=1S/C17H17ClFN3O2/c18-15-5-1-4-14(16(15)19)17(10-21-7-8-22(17)12-23)11-24-13-3-2-6-20-9-13/h1-6,9,12,21H,7-8,10-11H2. The molecule has 1 aliphatic heterocycles. The molecule has 1 N–H and O–H groups in total. The van der Waals surface area contributed by atoms with E-state index in [0.717, 1.165) is 6.41 Å². The molecule has 7 heteroatoms. The summed E-state index contributed by atoms with van der Waals surface area (Å²) in [5.41, 5.74) is -0.650. The largest absolute Gasteiger partial charge is 0.489 e. The summed E-state index contributed by atoms with van der Waals surface area (Å²) in [5, 5.41) is 3.23. The van der Waals surface area contributed by atoms with E-state index in [1.807, 2.05) is 0 Å². The zero-order valence-electron chi connectivity index (χ0n) is 12.9. The Morgan fingerprint density at radius 1 is 1.42 bits per heavy atom. The molecule has 0 bridgehead atoms. The first-order valence-electron chi connectivity index (χ1n) is 7.57. The van der Waals surface area contributed by atoms with Crippen LogP contribution in [-0.4, -0.2) is 42.5 Å². The molecule has 0 aliphatic carbocycles. The van der Waals surface area contributed by atoms with E-state index >= 15 is 0 Å². The van der Waals surface area contributed by atoms with Gasteiger partial charge in [-0.1, -0.05) is 23.7 Å². The van der Waals surface area contributed by atoms with Crippen LogP contribution >= 0.6 is 11.6 Å². The van der Waals surface area contributed by atoms with Crippen molar-refractivity contribution in [3.05, 3.63) is 59.1 Å². The Hall–Kier alpha value is -2.18. The topological polar surface area (TPSA) is 54.5 Å². The molecule has 1 unspecified atom stereocenters. The lowest BCUT2D eigenvalue weighted by molar-refractivity contribution is -0.127. The van der Waals surface area contributed by atoms with Gasteiger partial charge in [-0.15, -0.1) is 0 Å². The highest BCUT2D eigenvalue weighted by molar-refractivity contribution is 6.30. The predicted molar refractivity (Wildman–Crippen MR) is 88.5 cm³/mol. The zero-order valence-corrected chi connectivity index (χ0v) is 13.7. The number of pyridine rings is 1. The first-order chi connectivity index (χ1) is 11.7. The van der Waals surface area contributed by atoms with Gasteiger partial charge < -0.3 is 15.0 Å². The van der Waals surface area contributed by atoms with E-state index in [2.05, 4.69) is 10.3 Å². The summed E-state index contributed by atoms with van der Waals surface area (Å²) in [6, 6.07) is 8.30. The minimum atomic E-state index is -0.981. The van der Waals surface area contributed by atoms with Crippen LogP contribution in [0.3, 0.4) is 0 Å². The third-order valence-corrected chi connectivity index (χ3v) is 4.48. The molecule has 0 saturated carbocycles. The summed E-state index contributed by atoms with van der Waals surface area (Å²) in [7, 11) is 0. The predicted octanol–water partition coefficient (Wildman–Crippen LogP) is 2.21. The van der Waals surface area contributed by atoms with Crippen molar-refractivity contribution in [2.24, 2.45) is 0 Å². The second kappa shape index (κ2) is 7.15. The van der Waals surface area contributed by atoms with Crippen LogP contribution in [0.2, 0.25) is 5.02 Å². The van der Waals surface area contributed by atoms with E-state index in [-0.39, 0.29) is 11.6 Å². The van der Waals surface area contributed by atoms with Crippen LogP contribution in [-0.2, 0) is 10.3 Å². The molecule has 1 aromatic heterocycles. The van der Waals surface area contributed by atoms with Crippen molar-refractivity contribution in [1.82, 2.24) is 15.2 Å². The molecule has 1 saturated heterocycles. The molecule has 1 amide bonds. The monoisotopic (exact) mass is 349 g/mol. The van der Waals surface area contributed by atoms with Gasteiger partial charge >= 0.3 is 0 Å². The van der Waals surface area contributed by atoms with Gasteiger partial charge in [0, 0.05) is 31.4 Å². The number of benzene rings is 1. The Morgan fingerprint density at radius 3 is 3.04 bits per heavy atom. The minimum absolute atomic E-state index is 0.0182. The van der Waals surface area contributed by atoms with Gasteiger partial charge in [-0.2, -0.15) is 0 Å². The lowest BCUT2D eigenvalue weighted by atomic mass is 9.86. The van der Waals surface area contributed by atoms with Crippen LogP contribution in [0.5, 0.6) is 5.75 Å². The molecule has 0 spiro atoms. The lowest BCUT2D eigenvalue weighted by Crippen LogP contribution is -2.61. The Kier molecular flexibility index (Phi) is 4.97. The summed E-state index contributed by atoms with van der Waals surface area (Å²) in [5.74, 6) is 0.0141. The number of carbonyl (C=O) groups is 1. The van der Waals surface area contributed by atoms with Crippen molar-refractivity contribution < 1.29 is 13.9 Å². The number of nitrogens with one attached hydrogen (secondary N) is 1. The van der Waals surface area contributed by atoms with Crippen LogP contribution in [0.1, 0.15) is 5.56 Å². The summed E-state index contributed by atoms with van der Waals surface area (Å²) in [4.78, 5) is 17.2. The number of aromatic nitrogens is 1. The highest BCUT2D eigenvalue weighted by Crippen LogP contribution is 2.34. The van der Waals surface area contributed by atoms with Gasteiger partial charge in [0.1, 0.15) is 23.7 Å². The molecule has 1 aromatic carbocycles. The van der Waals surface area contributed by atoms with Crippen molar-refractivity contribution in [2.45, 2.75) is 5.54 Å². The van der Waals surface area contributed by atoms with E-state index in [1.54, 1.807) is 41.6 Å². The number of hydrogen-bond donors (Lipinski definition) is 1. The van der Waals surface area contributed by atoms with E-state index in [4.69, 9.17) is 16.3 Å². The second-order valence-corrected chi connectivity index (χ2v) is 5.99. The van der Waals surface area contributed by atoms with Crippen LogP contribution in [0, 0.1) is 5.82 Å². The lowest BCUT2D eigenvalue weighted by Gasteiger charge is -2.45. The van der Waals surface area contributed by atoms with Gasteiger partial charge in [0.15, 0.2) is 0 Å². The fourth-order valence-electron chi connectivity index (χ4n) is 2.92. The van der Waals surface area contributed by atoms with E-state index in [1.165, 1.54) is 6.07 Å². The number of ether oxygens (including phenoxy) is 1. The molecule has 24 heavy (non-hydrogen) atoms. The van der Waals surface area contributed by atoms with E-state index in [9.17, 15) is 9.18 Å². The van der Waals surface area contributed by atoms with Crippen LogP contribution in [0.25, 0.3) is 0 Å². The summed E-state index contributed by atoms with van der Waals surface area (Å²) in [6.07, 6.45) is 3.94. The third kappa shape index (κ3) is 3.07. The molecule has 1 fully saturated rings. The first-order valence-corrected chi connectivity index (χ1v) is 7.95. The Balaban J connectivity index is 2.00. The van der Waals surface area contributed by atoms with Gasteiger partial charge in [0.25, 0.3) is 0 Å². The van der Waals surface area contributed by atoms with Gasteiger partial charge in [-0.05, 0) is 18.2 Å². The number of halogens is 2. The number of rotatable bonds is 5. The zero-order chi connectivity index (χ0) is 17.0. The number of carbonyl (C=O) groups excluding carboxylic acids is 1. The first kappa shape index (κ1) is 16.7. The van der Waals surface area contributed by atoms with Gasteiger partial charge in [-0.25, -0.2) is 4.39 Å². The summed E-state index contributed by atoms with van der Waals surface area (Å²) >= 11 is 5.95. The quantitative estimate of drug-likeness (QED) is 0.841. The molecule has 126 valence electrons. The van der Waals surface area contributed by atoms with Crippen LogP contribution in [0.15, 0.2) is 42.7 Å². The number of nitrogens with zero attached hydrogens (tertiary/aromatic N) is 2. The van der Waals surface area contributed by atoms with Crippen molar-refractivity contribution in [1.29, 1.82) is 0 Å². The van der Waals surface area contributed by atoms with Crippen molar-refractivity contribution in [2.75, 3.05) is 26.2 Å². The number of hydrogen-bond acceptors (Lipinski definition) is 4. The maximum Gasteiger partial charge on any atom is 0.210 e. The van der Waals surface area contributed by atoms with Gasteiger partial charge in [0.2, 0.25) is 6.41 Å². The van der Waals surface area contributed by atoms with Gasteiger partial charge in [-0.3, -0.25) is 9.78 Å². The molecule has 1 aliphatic rings. The maximum atomic E-state index is 14.7. The second-order valence-electron chi connectivity index (χ2n) is 5.59.